The van der Waals surface area contributed by atoms with Gasteiger partial charge in [0.1, 0.15) is 0 Å². The molecule has 0 spiro atoms. The van der Waals surface area contributed by atoms with Gasteiger partial charge < -0.3 is 15.3 Å². The molecule has 2 rings (SSSR count). The fourth-order valence-electron chi connectivity index (χ4n) is 3.78. The zero-order chi connectivity index (χ0) is 13.7. The van der Waals surface area contributed by atoms with Crippen molar-refractivity contribution < 1.29 is 5.11 Å². The van der Waals surface area contributed by atoms with Gasteiger partial charge in [0, 0.05) is 19.1 Å². The second kappa shape index (κ2) is 7.61. The van der Waals surface area contributed by atoms with Gasteiger partial charge in [-0.2, -0.15) is 0 Å². The molecule has 0 aromatic heterocycles. The Labute approximate surface area is 118 Å². The Hall–Kier alpha value is -0.120. The van der Waals surface area contributed by atoms with E-state index < -0.39 is 0 Å². The maximum Gasteiger partial charge on any atom is 0.0552 e. The van der Waals surface area contributed by atoms with Crippen LogP contribution in [0.2, 0.25) is 0 Å². The van der Waals surface area contributed by atoms with E-state index in [2.05, 4.69) is 17.1 Å². The first-order valence-corrected chi connectivity index (χ1v) is 8.34. The minimum Gasteiger partial charge on any atom is -0.393 e. The van der Waals surface area contributed by atoms with Crippen LogP contribution in [0.5, 0.6) is 0 Å². The summed E-state index contributed by atoms with van der Waals surface area (Å²) in [6.45, 7) is 8.89. The van der Waals surface area contributed by atoms with E-state index in [0.29, 0.717) is 5.92 Å². The molecule has 0 radical (unpaired) electrons. The lowest BCUT2D eigenvalue weighted by atomic mass is 9.84. The second-order valence-electron chi connectivity index (χ2n) is 6.65. The summed E-state index contributed by atoms with van der Waals surface area (Å²) >= 11 is 0. The van der Waals surface area contributed by atoms with E-state index in [-0.39, 0.29) is 6.10 Å². The van der Waals surface area contributed by atoms with Crippen molar-refractivity contribution in [1.29, 1.82) is 0 Å². The van der Waals surface area contributed by atoms with E-state index in [9.17, 15) is 5.11 Å². The van der Waals surface area contributed by atoms with Crippen molar-refractivity contribution in [3.05, 3.63) is 0 Å². The molecule has 2 N–H and O–H groups in total. The van der Waals surface area contributed by atoms with E-state index >= 15 is 0 Å². The molecule has 4 atom stereocenters. The van der Waals surface area contributed by atoms with Crippen molar-refractivity contribution >= 4 is 0 Å². The van der Waals surface area contributed by atoms with Crippen molar-refractivity contribution in [2.75, 3.05) is 26.2 Å². The molecule has 3 nitrogen and oxygen atoms in total. The summed E-state index contributed by atoms with van der Waals surface area (Å²) in [6, 6.07) is 0.735. The molecule has 1 heterocycles. The van der Waals surface area contributed by atoms with Gasteiger partial charge in [-0.05, 0) is 57.5 Å². The van der Waals surface area contributed by atoms with Gasteiger partial charge in [0.15, 0.2) is 0 Å². The summed E-state index contributed by atoms with van der Waals surface area (Å²) in [6.07, 6.45) is 7.83. The second-order valence-corrected chi connectivity index (χ2v) is 6.65. The van der Waals surface area contributed by atoms with Crippen molar-refractivity contribution in [3.63, 3.8) is 0 Å². The van der Waals surface area contributed by atoms with Crippen molar-refractivity contribution in [2.45, 2.75) is 64.5 Å². The fourth-order valence-corrected chi connectivity index (χ4v) is 3.78. The van der Waals surface area contributed by atoms with Crippen molar-refractivity contribution in [2.24, 2.45) is 11.8 Å². The standard InChI is InChI=1S/C16H32N2O/c1-3-9-17-16-7-5-4-6-15(16)12-18-10-8-14(11-18)13(2)19/h13-17,19H,3-12H2,1-2H3. The monoisotopic (exact) mass is 268 g/mol. The summed E-state index contributed by atoms with van der Waals surface area (Å²) < 4.78 is 0. The lowest BCUT2D eigenvalue weighted by Crippen LogP contribution is -2.44. The third-order valence-electron chi connectivity index (χ3n) is 5.05. The van der Waals surface area contributed by atoms with Gasteiger partial charge in [-0.1, -0.05) is 19.8 Å². The van der Waals surface area contributed by atoms with Gasteiger partial charge in [0.05, 0.1) is 6.10 Å². The minimum atomic E-state index is -0.134. The molecule has 2 aliphatic rings. The van der Waals surface area contributed by atoms with Gasteiger partial charge in [-0.25, -0.2) is 0 Å². The van der Waals surface area contributed by atoms with E-state index in [4.69, 9.17) is 0 Å². The molecule has 1 saturated carbocycles. The van der Waals surface area contributed by atoms with Crippen LogP contribution < -0.4 is 5.32 Å². The Balaban J connectivity index is 1.79. The number of nitrogens with one attached hydrogen (secondary N) is 1. The first-order chi connectivity index (χ1) is 9.20. The highest BCUT2D eigenvalue weighted by molar-refractivity contribution is 4.86. The zero-order valence-corrected chi connectivity index (χ0v) is 12.8. The highest BCUT2D eigenvalue weighted by Gasteiger charge is 2.31. The molecular weight excluding hydrogens is 236 g/mol. The number of aliphatic hydroxyl groups is 1. The third-order valence-corrected chi connectivity index (χ3v) is 5.05. The summed E-state index contributed by atoms with van der Waals surface area (Å²) in [5, 5.41) is 13.5. The third kappa shape index (κ3) is 4.44. The van der Waals surface area contributed by atoms with Crippen molar-refractivity contribution in [3.8, 4) is 0 Å². The van der Waals surface area contributed by atoms with Crippen LogP contribution in [0.4, 0.5) is 0 Å². The summed E-state index contributed by atoms with van der Waals surface area (Å²) in [7, 11) is 0. The highest BCUT2D eigenvalue weighted by Crippen LogP contribution is 2.28. The predicted molar refractivity (Wildman–Crippen MR) is 80.3 cm³/mol. The Kier molecular flexibility index (Phi) is 6.11. The Morgan fingerprint density at radius 2 is 2.05 bits per heavy atom. The molecule has 112 valence electrons. The number of rotatable bonds is 6. The minimum absolute atomic E-state index is 0.134. The first-order valence-electron chi connectivity index (χ1n) is 8.34. The molecule has 4 unspecified atom stereocenters. The van der Waals surface area contributed by atoms with Gasteiger partial charge in [-0.3, -0.25) is 0 Å². The highest BCUT2D eigenvalue weighted by atomic mass is 16.3. The molecule has 0 aromatic rings. The molecule has 1 aliphatic carbocycles. The molecule has 1 aliphatic heterocycles. The van der Waals surface area contributed by atoms with Gasteiger partial charge in [0.25, 0.3) is 0 Å². The first kappa shape index (κ1) is 15.3. The largest absolute Gasteiger partial charge is 0.393 e. The Morgan fingerprint density at radius 1 is 1.26 bits per heavy atom. The SMILES string of the molecule is CCCNC1CCCCC1CN1CCC(C(C)O)C1. The smallest absolute Gasteiger partial charge is 0.0552 e. The molecule has 0 amide bonds. The number of hydrogen-bond donors (Lipinski definition) is 2. The molecule has 2 fully saturated rings. The summed E-state index contributed by atoms with van der Waals surface area (Å²) in [5.41, 5.74) is 0. The molecular formula is C16H32N2O. The van der Waals surface area contributed by atoms with Crippen LogP contribution in [0.25, 0.3) is 0 Å². The van der Waals surface area contributed by atoms with E-state index in [1.165, 1.54) is 51.6 Å². The van der Waals surface area contributed by atoms with Crippen LogP contribution in [0.15, 0.2) is 0 Å². The maximum atomic E-state index is 9.70. The Morgan fingerprint density at radius 3 is 2.74 bits per heavy atom. The molecule has 0 bridgehead atoms. The van der Waals surface area contributed by atoms with E-state index in [0.717, 1.165) is 25.0 Å². The van der Waals surface area contributed by atoms with Crippen LogP contribution in [0.3, 0.4) is 0 Å². The average Bonchev–Trinajstić information content (AvgIpc) is 2.86. The maximum absolute atomic E-state index is 9.70. The lowest BCUT2D eigenvalue weighted by Gasteiger charge is -2.35. The molecule has 3 heteroatoms. The quantitative estimate of drug-likeness (QED) is 0.775. The number of nitrogens with zero attached hydrogens (tertiary/aromatic N) is 1. The van der Waals surface area contributed by atoms with Gasteiger partial charge in [0.2, 0.25) is 0 Å². The molecule has 19 heavy (non-hydrogen) atoms. The zero-order valence-electron chi connectivity index (χ0n) is 12.8. The summed E-state index contributed by atoms with van der Waals surface area (Å²) in [4.78, 5) is 2.59. The number of likely N-dealkylation sites (tertiary alicyclic amines) is 1. The fraction of sp³-hybridized carbons (Fsp3) is 1.00. The number of aliphatic hydroxyl groups excluding tert-OH is 1. The van der Waals surface area contributed by atoms with Crippen LogP contribution in [0.1, 0.15) is 52.4 Å². The van der Waals surface area contributed by atoms with Crippen LogP contribution in [-0.4, -0.2) is 48.3 Å². The lowest BCUT2D eigenvalue weighted by molar-refractivity contribution is 0.121. The van der Waals surface area contributed by atoms with Crippen molar-refractivity contribution in [1.82, 2.24) is 10.2 Å². The van der Waals surface area contributed by atoms with E-state index in [1.807, 2.05) is 6.92 Å². The normalized spacial score (nSPS) is 34.6. The number of hydrogen-bond acceptors (Lipinski definition) is 3. The predicted octanol–water partition coefficient (Wildman–Crippen LogP) is 2.25. The average molecular weight is 268 g/mol. The molecule has 0 aromatic carbocycles. The van der Waals surface area contributed by atoms with Crippen LogP contribution >= 0.6 is 0 Å². The van der Waals surface area contributed by atoms with E-state index in [1.54, 1.807) is 0 Å². The summed E-state index contributed by atoms with van der Waals surface area (Å²) in [5.74, 6) is 1.33. The molecule has 1 saturated heterocycles. The van der Waals surface area contributed by atoms with Gasteiger partial charge in [-0.15, -0.1) is 0 Å². The topological polar surface area (TPSA) is 35.5 Å². The Bertz CT molecular complexity index is 257. The van der Waals surface area contributed by atoms with Crippen LogP contribution in [0, 0.1) is 11.8 Å². The van der Waals surface area contributed by atoms with Crippen LogP contribution in [-0.2, 0) is 0 Å². The van der Waals surface area contributed by atoms with Gasteiger partial charge >= 0.3 is 0 Å².